The second kappa shape index (κ2) is 5.82. The molecule has 1 fully saturated rings. The fourth-order valence-corrected chi connectivity index (χ4v) is 2.49. The maximum absolute atomic E-state index is 12.1. The molecule has 1 saturated carbocycles. The van der Waals surface area contributed by atoms with Crippen LogP contribution < -0.4 is 5.32 Å². The summed E-state index contributed by atoms with van der Waals surface area (Å²) < 4.78 is 0. The van der Waals surface area contributed by atoms with Gasteiger partial charge in [0.1, 0.15) is 5.82 Å². The molecular formula is C14H18N2O3. The largest absolute Gasteiger partial charge is 0.481 e. The second-order valence-corrected chi connectivity index (χ2v) is 5.11. The maximum atomic E-state index is 12.1. The van der Waals surface area contributed by atoms with Gasteiger partial charge in [0.15, 0.2) is 0 Å². The van der Waals surface area contributed by atoms with E-state index in [1.807, 2.05) is 13.0 Å². The summed E-state index contributed by atoms with van der Waals surface area (Å²) in [6, 6.07) is 3.66. The molecule has 5 nitrogen and oxygen atoms in total. The van der Waals surface area contributed by atoms with Crippen molar-refractivity contribution >= 4 is 17.7 Å². The molecule has 1 aliphatic carbocycles. The summed E-state index contributed by atoms with van der Waals surface area (Å²) in [4.78, 5) is 27.2. The van der Waals surface area contributed by atoms with E-state index in [-0.39, 0.29) is 11.8 Å². The highest BCUT2D eigenvalue weighted by Crippen LogP contribution is 2.30. The van der Waals surface area contributed by atoms with Gasteiger partial charge in [0.2, 0.25) is 5.91 Å². The standard InChI is InChI=1S/C14H18N2O3/c1-9-5-6-15-12(7-9)16-13(17)10-3-2-4-11(8-10)14(18)19/h5-7,10-11H,2-4,8H2,1H3,(H,18,19)(H,15,16,17)/t10-,11+/m0/s1. The van der Waals surface area contributed by atoms with E-state index in [1.54, 1.807) is 12.3 Å². The molecule has 1 aliphatic rings. The Kier molecular flexibility index (Phi) is 4.14. The number of hydrogen-bond donors (Lipinski definition) is 2. The number of rotatable bonds is 3. The zero-order valence-electron chi connectivity index (χ0n) is 10.9. The van der Waals surface area contributed by atoms with Crippen LogP contribution in [-0.2, 0) is 9.59 Å². The first kappa shape index (κ1) is 13.5. The van der Waals surface area contributed by atoms with Crippen LogP contribution in [0.4, 0.5) is 5.82 Å². The fraction of sp³-hybridized carbons (Fsp3) is 0.500. The molecule has 19 heavy (non-hydrogen) atoms. The van der Waals surface area contributed by atoms with Gasteiger partial charge in [0.05, 0.1) is 5.92 Å². The molecule has 1 aromatic heterocycles. The second-order valence-electron chi connectivity index (χ2n) is 5.11. The number of aryl methyl sites for hydroxylation is 1. The van der Waals surface area contributed by atoms with E-state index in [0.717, 1.165) is 18.4 Å². The van der Waals surface area contributed by atoms with E-state index in [1.165, 1.54) is 0 Å². The van der Waals surface area contributed by atoms with Gasteiger partial charge in [0, 0.05) is 12.1 Å². The molecule has 0 saturated heterocycles. The van der Waals surface area contributed by atoms with Gasteiger partial charge in [-0.2, -0.15) is 0 Å². The molecule has 2 N–H and O–H groups in total. The van der Waals surface area contributed by atoms with E-state index in [4.69, 9.17) is 5.11 Å². The van der Waals surface area contributed by atoms with Gasteiger partial charge < -0.3 is 10.4 Å². The van der Waals surface area contributed by atoms with Gasteiger partial charge >= 0.3 is 5.97 Å². The fourth-order valence-electron chi connectivity index (χ4n) is 2.49. The molecule has 5 heteroatoms. The highest BCUT2D eigenvalue weighted by atomic mass is 16.4. The third-order valence-electron chi connectivity index (χ3n) is 3.56. The van der Waals surface area contributed by atoms with Crippen molar-refractivity contribution in [3.63, 3.8) is 0 Å². The Morgan fingerprint density at radius 3 is 2.79 bits per heavy atom. The summed E-state index contributed by atoms with van der Waals surface area (Å²) in [6.07, 6.45) is 4.28. The highest BCUT2D eigenvalue weighted by Gasteiger charge is 2.31. The molecule has 0 bridgehead atoms. The summed E-state index contributed by atoms with van der Waals surface area (Å²) in [7, 11) is 0. The number of carboxylic acid groups (broad SMARTS) is 1. The molecule has 2 rings (SSSR count). The first-order valence-corrected chi connectivity index (χ1v) is 6.52. The summed E-state index contributed by atoms with van der Waals surface area (Å²) >= 11 is 0. The van der Waals surface area contributed by atoms with Crippen molar-refractivity contribution in [3.05, 3.63) is 23.9 Å². The van der Waals surface area contributed by atoms with Crippen LogP contribution >= 0.6 is 0 Å². The lowest BCUT2D eigenvalue weighted by molar-refractivity contribution is -0.143. The molecule has 0 aliphatic heterocycles. The number of nitrogens with zero attached hydrogens (tertiary/aromatic N) is 1. The number of aliphatic carboxylic acids is 1. The summed E-state index contributed by atoms with van der Waals surface area (Å²) in [5.74, 6) is -1.01. The Labute approximate surface area is 112 Å². The van der Waals surface area contributed by atoms with E-state index in [9.17, 15) is 9.59 Å². The van der Waals surface area contributed by atoms with Gasteiger partial charge in [-0.25, -0.2) is 4.98 Å². The normalized spacial score (nSPS) is 22.8. The average molecular weight is 262 g/mol. The zero-order chi connectivity index (χ0) is 13.8. The molecule has 0 aromatic carbocycles. The maximum Gasteiger partial charge on any atom is 0.306 e. The molecule has 0 radical (unpaired) electrons. The van der Waals surface area contributed by atoms with Crippen molar-refractivity contribution in [2.75, 3.05) is 5.32 Å². The van der Waals surface area contributed by atoms with Crippen LogP contribution in [0.3, 0.4) is 0 Å². The predicted molar refractivity (Wildman–Crippen MR) is 70.7 cm³/mol. The third-order valence-corrected chi connectivity index (χ3v) is 3.56. The number of pyridine rings is 1. The Morgan fingerprint density at radius 2 is 2.11 bits per heavy atom. The van der Waals surface area contributed by atoms with Crippen molar-refractivity contribution in [1.29, 1.82) is 0 Å². The predicted octanol–water partition coefficient (Wildman–Crippen LogP) is 2.22. The quantitative estimate of drug-likeness (QED) is 0.875. The van der Waals surface area contributed by atoms with Crippen molar-refractivity contribution in [2.45, 2.75) is 32.6 Å². The Balaban J connectivity index is 1.98. The van der Waals surface area contributed by atoms with Crippen LogP contribution in [0.25, 0.3) is 0 Å². The van der Waals surface area contributed by atoms with Gasteiger partial charge in [-0.1, -0.05) is 6.42 Å². The Morgan fingerprint density at radius 1 is 1.37 bits per heavy atom. The first-order chi connectivity index (χ1) is 9.06. The molecule has 102 valence electrons. The van der Waals surface area contributed by atoms with Gasteiger partial charge in [-0.3, -0.25) is 9.59 Å². The zero-order valence-corrected chi connectivity index (χ0v) is 10.9. The van der Waals surface area contributed by atoms with Gasteiger partial charge in [-0.15, -0.1) is 0 Å². The molecule has 1 amide bonds. The topological polar surface area (TPSA) is 79.3 Å². The third kappa shape index (κ3) is 3.53. The minimum absolute atomic E-state index is 0.121. The number of amides is 1. The Hall–Kier alpha value is -1.91. The molecule has 1 aromatic rings. The van der Waals surface area contributed by atoms with Crippen LogP contribution in [0.2, 0.25) is 0 Å². The van der Waals surface area contributed by atoms with Gasteiger partial charge in [-0.05, 0) is 43.9 Å². The van der Waals surface area contributed by atoms with Crippen LogP contribution in [0.5, 0.6) is 0 Å². The van der Waals surface area contributed by atoms with Crippen LogP contribution in [-0.4, -0.2) is 22.0 Å². The van der Waals surface area contributed by atoms with Crippen molar-refractivity contribution in [3.8, 4) is 0 Å². The van der Waals surface area contributed by atoms with E-state index in [0.29, 0.717) is 18.7 Å². The minimum atomic E-state index is -0.800. The number of aromatic nitrogens is 1. The SMILES string of the molecule is Cc1ccnc(NC(=O)[C@H]2CCC[C@@H](C(=O)O)C2)c1. The number of hydrogen-bond acceptors (Lipinski definition) is 3. The number of carbonyl (C=O) groups is 2. The minimum Gasteiger partial charge on any atom is -0.481 e. The number of nitrogens with one attached hydrogen (secondary N) is 1. The number of carboxylic acids is 1. The first-order valence-electron chi connectivity index (χ1n) is 6.52. The van der Waals surface area contributed by atoms with Crippen molar-refractivity contribution in [2.24, 2.45) is 11.8 Å². The molecule has 2 atom stereocenters. The monoisotopic (exact) mass is 262 g/mol. The smallest absolute Gasteiger partial charge is 0.306 e. The van der Waals surface area contributed by atoms with Crippen LogP contribution in [0.15, 0.2) is 18.3 Å². The lowest BCUT2D eigenvalue weighted by atomic mass is 9.81. The van der Waals surface area contributed by atoms with Crippen LogP contribution in [0, 0.1) is 18.8 Å². The average Bonchev–Trinajstić information content (AvgIpc) is 2.39. The molecular weight excluding hydrogens is 244 g/mol. The van der Waals surface area contributed by atoms with Crippen LogP contribution in [0.1, 0.15) is 31.2 Å². The highest BCUT2D eigenvalue weighted by molar-refractivity contribution is 5.92. The summed E-state index contributed by atoms with van der Waals surface area (Å²) in [6.45, 7) is 1.93. The van der Waals surface area contributed by atoms with Gasteiger partial charge in [0.25, 0.3) is 0 Å². The lowest BCUT2D eigenvalue weighted by Gasteiger charge is -2.25. The lowest BCUT2D eigenvalue weighted by Crippen LogP contribution is -2.31. The van der Waals surface area contributed by atoms with Crippen molar-refractivity contribution in [1.82, 2.24) is 4.98 Å². The summed E-state index contributed by atoms with van der Waals surface area (Å²) in [5.41, 5.74) is 1.03. The number of carbonyl (C=O) groups excluding carboxylic acids is 1. The van der Waals surface area contributed by atoms with E-state index in [2.05, 4.69) is 10.3 Å². The Bertz CT molecular complexity index is 487. The number of anilines is 1. The van der Waals surface area contributed by atoms with E-state index >= 15 is 0 Å². The van der Waals surface area contributed by atoms with E-state index < -0.39 is 11.9 Å². The molecule has 1 heterocycles. The molecule has 0 unspecified atom stereocenters. The van der Waals surface area contributed by atoms with Crippen molar-refractivity contribution < 1.29 is 14.7 Å². The molecule has 0 spiro atoms. The summed E-state index contributed by atoms with van der Waals surface area (Å²) in [5, 5.41) is 11.8.